The zero-order chi connectivity index (χ0) is 25.5. The smallest absolute Gasteiger partial charge is 0.414 e. The second kappa shape index (κ2) is 9.17. The first-order valence-electron chi connectivity index (χ1n) is 10.6. The van der Waals surface area contributed by atoms with Gasteiger partial charge >= 0.3 is 6.09 Å². The lowest BCUT2D eigenvalue weighted by molar-refractivity contribution is -0.385. The van der Waals surface area contributed by atoms with Crippen molar-refractivity contribution in [3.05, 3.63) is 63.5 Å². The van der Waals surface area contributed by atoms with Crippen LogP contribution in [0.25, 0.3) is 0 Å². The molecule has 0 saturated carbocycles. The Morgan fingerprint density at radius 3 is 2.46 bits per heavy atom. The summed E-state index contributed by atoms with van der Waals surface area (Å²) in [6, 6.07) is 7.13. The summed E-state index contributed by atoms with van der Waals surface area (Å²) < 4.78 is 75.1. The molecule has 1 atom stereocenters. The molecule has 4 rings (SSSR count). The van der Waals surface area contributed by atoms with Crippen molar-refractivity contribution in [1.29, 1.82) is 0 Å². The quantitative estimate of drug-likeness (QED) is 0.338. The Balaban J connectivity index is 1.50. The first kappa shape index (κ1) is 25.0. The van der Waals surface area contributed by atoms with Gasteiger partial charge in [-0.25, -0.2) is 17.6 Å². The molecule has 14 heteroatoms. The largest absolute Gasteiger partial charge is 0.444 e. The number of halogens is 1. The van der Waals surface area contributed by atoms with Crippen LogP contribution >= 0.6 is 0 Å². The molecule has 11 nitrogen and oxygen atoms in total. The molecule has 2 saturated heterocycles. The summed E-state index contributed by atoms with van der Waals surface area (Å²) in [5.41, 5.74) is 0.135. The fourth-order valence-corrected chi connectivity index (χ4v) is 6.34. The average molecular weight is 529 g/mol. The van der Waals surface area contributed by atoms with Gasteiger partial charge in [-0.3, -0.25) is 19.6 Å². The van der Waals surface area contributed by atoms with Gasteiger partial charge in [0.2, 0.25) is 0 Å². The monoisotopic (exact) mass is 528 g/mol. The van der Waals surface area contributed by atoms with E-state index in [4.69, 9.17) is 9.29 Å². The lowest BCUT2D eigenvalue weighted by Crippen LogP contribution is -2.26. The van der Waals surface area contributed by atoms with Gasteiger partial charge in [0.05, 0.1) is 28.7 Å². The van der Waals surface area contributed by atoms with E-state index >= 15 is 0 Å². The van der Waals surface area contributed by atoms with Crippen LogP contribution in [0.15, 0.2) is 41.3 Å². The van der Waals surface area contributed by atoms with Crippen molar-refractivity contribution in [2.75, 3.05) is 23.0 Å². The molecule has 0 bridgehead atoms. The maximum absolute atomic E-state index is 14.9. The second-order valence-corrected chi connectivity index (χ2v) is 12.2. The lowest BCUT2D eigenvalue weighted by Gasteiger charge is -2.23. The number of hydrogen-bond donors (Lipinski definition) is 1. The SMILES string of the molecule is O=C1OC(Cc2ccc(S(=O)(=O)O)cc2[N+](=O)[O-])CN1c1ccc(C2CCS(=O)(=O)CC2)c(F)c1. The number of rotatable bonds is 6. The number of amides is 1. The molecule has 2 aliphatic rings. The zero-order valence-corrected chi connectivity index (χ0v) is 19.8. The predicted octanol–water partition coefficient (Wildman–Crippen LogP) is 2.84. The van der Waals surface area contributed by atoms with Crippen molar-refractivity contribution in [2.45, 2.75) is 36.2 Å². The van der Waals surface area contributed by atoms with Crippen molar-refractivity contribution < 1.29 is 40.2 Å². The van der Waals surface area contributed by atoms with Crippen LogP contribution in [0.1, 0.15) is 29.9 Å². The number of sulfone groups is 1. The van der Waals surface area contributed by atoms with Gasteiger partial charge in [0.25, 0.3) is 15.8 Å². The highest BCUT2D eigenvalue weighted by molar-refractivity contribution is 7.91. The molecule has 0 aliphatic carbocycles. The normalized spacial score (nSPS) is 20.6. The summed E-state index contributed by atoms with van der Waals surface area (Å²) in [4.78, 5) is 23.6. The first-order valence-corrected chi connectivity index (χ1v) is 13.8. The van der Waals surface area contributed by atoms with Crippen LogP contribution in [-0.4, -0.2) is 56.6 Å². The number of carbonyl (C=O) groups is 1. The Morgan fingerprint density at radius 1 is 1.17 bits per heavy atom. The van der Waals surface area contributed by atoms with E-state index in [1.807, 2.05) is 0 Å². The minimum absolute atomic E-state index is 0.00363. The van der Waals surface area contributed by atoms with Crippen molar-refractivity contribution in [3.63, 3.8) is 0 Å². The molecule has 0 spiro atoms. The van der Waals surface area contributed by atoms with E-state index in [0.717, 1.165) is 18.2 Å². The molecular formula is C21H21FN2O9S2. The molecule has 0 radical (unpaired) electrons. The van der Waals surface area contributed by atoms with Crippen LogP contribution < -0.4 is 4.90 Å². The summed E-state index contributed by atoms with van der Waals surface area (Å²) in [7, 11) is -7.73. The third-order valence-electron chi connectivity index (χ3n) is 6.16. The van der Waals surface area contributed by atoms with Gasteiger partial charge in [0.15, 0.2) is 0 Å². The minimum Gasteiger partial charge on any atom is -0.444 e. The van der Waals surface area contributed by atoms with E-state index in [0.29, 0.717) is 18.4 Å². The van der Waals surface area contributed by atoms with Crippen molar-refractivity contribution >= 4 is 37.4 Å². The Kier molecular flexibility index (Phi) is 6.55. The fourth-order valence-electron chi connectivity index (χ4n) is 4.35. The molecule has 2 aromatic rings. The van der Waals surface area contributed by atoms with Crippen LogP contribution in [-0.2, 0) is 31.1 Å². The molecular weight excluding hydrogens is 507 g/mol. The Bertz CT molecular complexity index is 1400. The molecule has 188 valence electrons. The number of ether oxygens (including phenoxy) is 1. The third kappa shape index (κ3) is 5.44. The molecule has 1 unspecified atom stereocenters. The second-order valence-electron chi connectivity index (χ2n) is 8.48. The van der Waals surface area contributed by atoms with E-state index in [1.54, 1.807) is 0 Å². The fraction of sp³-hybridized carbons (Fsp3) is 0.381. The topological polar surface area (TPSA) is 161 Å². The van der Waals surface area contributed by atoms with Gasteiger partial charge in [0.1, 0.15) is 26.7 Å². The first-order chi connectivity index (χ1) is 16.3. The summed E-state index contributed by atoms with van der Waals surface area (Å²) in [6.07, 6.45) is -1.07. The lowest BCUT2D eigenvalue weighted by atomic mass is 9.93. The predicted molar refractivity (Wildman–Crippen MR) is 121 cm³/mol. The highest BCUT2D eigenvalue weighted by atomic mass is 32.2. The van der Waals surface area contributed by atoms with Gasteiger partial charge in [-0.15, -0.1) is 0 Å². The summed E-state index contributed by atoms with van der Waals surface area (Å²) >= 11 is 0. The number of anilines is 1. The van der Waals surface area contributed by atoms with Crippen LogP contribution in [0.3, 0.4) is 0 Å². The number of nitro groups is 1. The molecule has 2 aromatic carbocycles. The van der Waals surface area contributed by atoms with E-state index < -0.39 is 53.5 Å². The van der Waals surface area contributed by atoms with E-state index in [9.17, 15) is 36.1 Å². The molecule has 1 amide bonds. The molecule has 2 heterocycles. The standard InChI is InChI=1S/C21H21FN2O9S2/c22-19-10-15(2-4-18(19)13-5-7-34(28,29)8-6-13)23-12-16(33-21(23)25)9-14-1-3-17(35(30,31)32)11-20(14)24(26)27/h1-4,10-11,13,16H,5-9,12H2,(H,30,31,32). The summed E-state index contributed by atoms with van der Waals surface area (Å²) in [5.74, 6) is -0.816. The maximum Gasteiger partial charge on any atom is 0.414 e. The van der Waals surface area contributed by atoms with E-state index in [2.05, 4.69) is 0 Å². The van der Waals surface area contributed by atoms with Gasteiger partial charge < -0.3 is 4.74 Å². The van der Waals surface area contributed by atoms with E-state index in [-0.39, 0.29) is 41.6 Å². The average Bonchev–Trinajstić information content (AvgIpc) is 3.13. The van der Waals surface area contributed by atoms with Gasteiger partial charge in [-0.2, -0.15) is 8.42 Å². The number of nitro benzene ring substituents is 1. The molecule has 35 heavy (non-hydrogen) atoms. The molecule has 1 N–H and O–H groups in total. The molecule has 0 aromatic heterocycles. The highest BCUT2D eigenvalue weighted by Crippen LogP contribution is 2.34. The van der Waals surface area contributed by atoms with Crippen LogP contribution in [0.2, 0.25) is 0 Å². The van der Waals surface area contributed by atoms with Crippen LogP contribution in [0.5, 0.6) is 0 Å². The van der Waals surface area contributed by atoms with Crippen molar-refractivity contribution in [1.82, 2.24) is 0 Å². The maximum atomic E-state index is 14.9. The summed E-state index contributed by atoms with van der Waals surface area (Å²) in [6.45, 7) is -0.0313. The number of hydrogen-bond acceptors (Lipinski definition) is 8. The van der Waals surface area contributed by atoms with Crippen molar-refractivity contribution in [3.8, 4) is 0 Å². The Morgan fingerprint density at radius 2 is 1.86 bits per heavy atom. The minimum atomic E-state index is -4.64. The summed E-state index contributed by atoms with van der Waals surface area (Å²) in [5, 5.41) is 11.4. The third-order valence-corrected chi connectivity index (χ3v) is 8.73. The van der Waals surface area contributed by atoms with Gasteiger partial charge in [-0.1, -0.05) is 12.1 Å². The molecule has 2 fully saturated rings. The number of cyclic esters (lactones) is 1. The highest BCUT2D eigenvalue weighted by Gasteiger charge is 2.35. The van der Waals surface area contributed by atoms with Crippen LogP contribution in [0, 0.1) is 15.9 Å². The number of benzene rings is 2. The molecule has 2 aliphatic heterocycles. The van der Waals surface area contributed by atoms with Crippen LogP contribution in [0.4, 0.5) is 20.6 Å². The van der Waals surface area contributed by atoms with Gasteiger partial charge in [-0.05, 0) is 42.5 Å². The van der Waals surface area contributed by atoms with Crippen molar-refractivity contribution in [2.24, 2.45) is 0 Å². The number of nitrogens with zero attached hydrogens (tertiary/aromatic N) is 2. The van der Waals surface area contributed by atoms with E-state index in [1.165, 1.54) is 23.1 Å². The Hall–Kier alpha value is -3.10. The number of carbonyl (C=O) groups excluding carboxylic acids is 1. The van der Waals surface area contributed by atoms with Gasteiger partial charge in [0, 0.05) is 18.1 Å². The Labute approximate surface area is 200 Å². The zero-order valence-electron chi connectivity index (χ0n) is 18.2.